The van der Waals surface area contributed by atoms with Crippen molar-refractivity contribution >= 4 is 11.8 Å². The van der Waals surface area contributed by atoms with Crippen LogP contribution in [-0.2, 0) is 0 Å². The van der Waals surface area contributed by atoms with Gasteiger partial charge in [0, 0.05) is 12.0 Å². The number of thioether (sulfide) groups is 1. The molecule has 5 heteroatoms. The average Bonchev–Trinajstić information content (AvgIpc) is 2.32. The molecule has 1 aliphatic rings. The van der Waals surface area contributed by atoms with E-state index in [1.165, 1.54) is 11.8 Å². The summed E-state index contributed by atoms with van der Waals surface area (Å²) in [5.41, 5.74) is -0.848. The van der Waals surface area contributed by atoms with E-state index in [1.54, 1.807) is 6.92 Å². The van der Waals surface area contributed by atoms with E-state index < -0.39 is 23.6 Å². The van der Waals surface area contributed by atoms with Crippen molar-refractivity contribution < 1.29 is 15.3 Å². The number of allylic oxidation sites excluding steroid dienone is 1. The smallest absolute Gasteiger partial charge is 0.126 e. The number of aliphatic hydroxyl groups is 3. The Bertz CT molecular complexity index is 273. The lowest BCUT2D eigenvalue weighted by Crippen LogP contribution is -2.51. The van der Waals surface area contributed by atoms with Gasteiger partial charge in [0.05, 0.1) is 12.2 Å². The van der Waals surface area contributed by atoms with Crippen molar-refractivity contribution in [1.29, 1.82) is 0 Å². The summed E-state index contributed by atoms with van der Waals surface area (Å²) in [5, 5.41) is 33.3. The lowest BCUT2D eigenvalue weighted by Gasteiger charge is -2.37. The van der Waals surface area contributed by atoms with Crippen LogP contribution in [0.4, 0.5) is 0 Å². The minimum atomic E-state index is -0.929. The van der Waals surface area contributed by atoms with E-state index in [0.29, 0.717) is 0 Å². The summed E-state index contributed by atoms with van der Waals surface area (Å²) in [7, 11) is 1.82. The number of hydrogen-bond acceptors (Lipinski definition) is 5. The molecule has 4 N–H and O–H groups in total. The van der Waals surface area contributed by atoms with Gasteiger partial charge in [0.2, 0.25) is 0 Å². The molecule has 0 saturated carbocycles. The molecule has 4 nitrogen and oxygen atoms in total. The van der Waals surface area contributed by atoms with Gasteiger partial charge in [0.15, 0.2) is 0 Å². The molecule has 18 heavy (non-hydrogen) atoms. The Balaban J connectivity index is 2.99. The van der Waals surface area contributed by atoms with Gasteiger partial charge in [-0.2, -0.15) is 0 Å². The summed E-state index contributed by atoms with van der Waals surface area (Å²) < 4.78 is 0. The molecule has 0 radical (unpaired) electrons. The SMILES string of the molecule is CNC1C(C)/C=C\CCSC(O)C(O)C1C(C)O. The molecular weight excluding hydrogens is 250 g/mol. The highest BCUT2D eigenvalue weighted by molar-refractivity contribution is 7.99. The van der Waals surface area contributed by atoms with Gasteiger partial charge in [0.1, 0.15) is 5.44 Å². The lowest BCUT2D eigenvalue weighted by molar-refractivity contribution is -0.0410. The molecule has 0 aromatic carbocycles. The van der Waals surface area contributed by atoms with E-state index >= 15 is 0 Å². The van der Waals surface area contributed by atoms with E-state index in [0.717, 1.165) is 12.2 Å². The van der Waals surface area contributed by atoms with Crippen LogP contribution < -0.4 is 5.32 Å². The van der Waals surface area contributed by atoms with Crippen LogP contribution in [0.3, 0.4) is 0 Å². The second kappa shape index (κ2) is 7.50. The van der Waals surface area contributed by atoms with Crippen LogP contribution >= 0.6 is 11.8 Å². The first-order chi connectivity index (χ1) is 8.49. The molecule has 0 saturated heterocycles. The van der Waals surface area contributed by atoms with Crippen molar-refractivity contribution in [2.24, 2.45) is 11.8 Å². The predicted molar refractivity (Wildman–Crippen MR) is 75.4 cm³/mol. The number of rotatable bonds is 2. The zero-order valence-electron chi connectivity index (χ0n) is 11.3. The van der Waals surface area contributed by atoms with E-state index in [-0.39, 0.29) is 12.0 Å². The highest BCUT2D eigenvalue weighted by Gasteiger charge is 2.37. The Hall–Kier alpha value is -0.0700. The molecule has 0 bridgehead atoms. The minimum Gasteiger partial charge on any atom is -0.393 e. The molecule has 1 rings (SSSR count). The molecule has 0 aromatic rings. The normalized spacial score (nSPS) is 42.2. The molecule has 0 aliphatic carbocycles. The second-order valence-corrected chi connectivity index (χ2v) is 6.18. The standard InChI is InChI=1S/C13H25NO3S/c1-8-6-4-5-7-18-13(17)12(16)10(9(2)15)11(8)14-3/h4,6,8-17H,5,7H2,1-3H3/b6-4-. The molecular formula is C13H25NO3S. The molecule has 0 aromatic heterocycles. The van der Waals surface area contributed by atoms with Gasteiger partial charge in [-0.15, -0.1) is 11.8 Å². The maximum atomic E-state index is 10.3. The third-order valence-electron chi connectivity index (χ3n) is 3.57. The van der Waals surface area contributed by atoms with Crippen LogP contribution in [0.1, 0.15) is 20.3 Å². The first-order valence-corrected chi connectivity index (χ1v) is 7.53. The predicted octanol–water partition coefficient (Wildman–Crippen LogP) is 0.580. The highest BCUT2D eigenvalue weighted by Crippen LogP contribution is 2.28. The first kappa shape index (κ1) is 16.0. The molecule has 0 spiro atoms. The number of hydrogen-bond donors (Lipinski definition) is 4. The topological polar surface area (TPSA) is 72.7 Å². The highest BCUT2D eigenvalue weighted by atomic mass is 32.2. The molecule has 0 amide bonds. The van der Waals surface area contributed by atoms with E-state index in [1.807, 2.05) is 7.05 Å². The van der Waals surface area contributed by atoms with Gasteiger partial charge in [-0.25, -0.2) is 0 Å². The summed E-state index contributed by atoms with van der Waals surface area (Å²) in [4.78, 5) is 0. The second-order valence-electron chi connectivity index (χ2n) is 4.96. The Kier molecular flexibility index (Phi) is 6.66. The van der Waals surface area contributed by atoms with Crippen molar-refractivity contribution in [2.45, 2.75) is 44.0 Å². The van der Waals surface area contributed by atoms with Crippen molar-refractivity contribution in [2.75, 3.05) is 12.8 Å². The lowest BCUT2D eigenvalue weighted by atomic mass is 9.82. The molecule has 6 unspecified atom stereocenters. The van der Waals surface area contributed by atoms with Crippen molar-refractivity contribution in [3.05, 3.63) is 12.2 Å². The van der Waals surface area contributed by atoms with Gasteiger partial charge >= 0.3 is 0 Å². The Morgan fingerprint density at radius 1 is 1.39 bits per heavy atom. The summed E-state index contributed by atoms with van der Waals surface area (Å²) in [6.07, 6.45) is 3.49. The van der Waals surface area contributed by atoms with Crippen LogP contribution in [0.25, 0.3) is 0 Å². The van der Waals surface area contributed by atoms with Crippen LogP contribution in [0.5, 0.6) is 0 Å². The molecule has 1 aliphatic heterocycles. The van der Waals surface area contributed by atoms with Crippen molar-refractivity contribution in [3.8, 4) is 0 Å². The first-order valence-electron chi connectivity index (χ1n) is 6.48. The zero-order chi connectivity index (χ0) is 13.7. The fraction of sp³-hybridized carbons (Fsp3) is 0.846. The maximum absolute atomic E-state index is 10.3. The van der Waals surface area contributed by atoms with E-state index in [2.05, 4.69) is 24.4 Å². The largest absolute Gasteiger partial charge is 0.393 e. The van der Waals surface area contributed by atoms with Gasteiger partial charge in [0.25, 0.3) is 0 Å². The van der Waals surface area contributed by atoms with Crippen LogP contribution in [0.15, 0.2) is 12.2 Å². The number of nitrogens with one attached hydrogen (secondary N) is 1. The van der Waals surface area contributed by atoms with Crippen LogP contribution in [0.2, 0.25) is 0 Å². The van der Waals surface area contributed by atoms with Crippen LogP contribution in [0, 0.1) is 11.8 Å². The quantitative estimate of drug-likeness (QED) is 0.555. The molecule has 1 heterocycles. The molecule has 0 fully saturated rings. The minimum absolute atomic E-state index is 0.0652. The summed E-state index contributed by atoms with van der Waals surface area (Å²) in [6.45, 7) is 3.72. The summed E-state index contributed by atoms with van der Waals surface area (Å²) >= 11 is 1.33. The third kappa shape index (κ3) is 3.96. The fourth-order valence-electron chi connectivity index (χ4n) is 2.58. The van der Waals surface area contributed by atoms with E-state index in [9.17, 15) is 15.3 Å². The van der Waals surface area contributed by atoms with Gasteiger partial charge < -0.3 is 20.6 Å². The summed E-state index contributed by atoms with van der Waals surface area (Å²) in [5.74, 6) is 0.577. The van der Waals surface area contributed by atoms with Gasteiger partial charge in [-0.05, 0) is 32.1 Å². The Morgan fingerprint density at radius 3 is 2.61 bits per heavy atom. The third-order valence-corrected chi connectivity index (χ3v) is 4.66. The molecule has 6 atom stereocenters. The Morgan fingerprint density at radius 2 is 2.06 bits per heavy atom. The van der Waals surface area contributed by atoms with E-state index in [4.69, 9.17) is 0 Å². The van der Waals surface area contributed by atoms with Crippen LogP contribution in [-0.4, -0.2) is 51.8 Å². The number of aliphatic hydroxyl groups excluding tert-OH is 3. The Labute approximate surface area is 113 Å². The van der Waals surface area contributed by atoms with Crippen molar-refractivity contribution in [3.63, 3.8) is 0 Å². The monoisotopic (exact) mass is 275 g/mol. The summed E-state index contributed by atoms with van der Waals surface area (Å²) in [6, 6.07) is -0.0652. The van der Waals surface area contributed by atoms with Crippen molar-refractivity contribution in [1.82, 2.24) is 5.32 Å². The maximum Gasteiger partial charge on any atom is 0.126 e. The van der Waals surface area contributed by atoms with Gasteiger partial charge in [-0.1, -0.05) is 19.1 Å². The molecule has 106 valence electrons. The average molecular weight is 275 g/mol. The van der Waals surface area contributed by atoms with Gasteiger partial charge in [-0.3, -0.25) is 0 Å². The zero-order valence-corrected chi connectivity index (χ0v) is 12.1. The fourth-order valence-corrected chi connectivity index (χ4v) is 3.47.